The first-order valence-corrected chi connectivity index (χ1v) is 9.35. The third-order valence-electron chi connectivity index (χ3n) is 4.78. The van der Waals surface area contributed by atoms with Gasteiger partial charge in [0.05, 0.1) is 17.1 Å². The van der Waals surface area contributed by atoms with Gasteiger partial charge < -0.3 is 10.1 Å². The molecular formula is C21H25N3O4. The van der Waals surface area contributed by atoms with Gasteiger partial charge in [0.2, 0.25) is 5.91 Å². The molecule has 1 aliphatic heterocycles. The Labute approximate surface area is 164 Å². The number of nitro benzene ring substituents is 1. The smallest absolute Gasteiger partial charge is 0.293 e. The first-order chi connectivity index (χ1) is 13.3. The lowest BCUT2D eigenvalue weighted by Gasteiger charge is -2.39. The van der Waals surface area contributed by atoms with E-state index in [1.54, 1.807) is 19.1 Å². The number of morpholine rings is 1. The molecule has 7 heteroatoms. The fraction of sp³-hybridized carbons (Fsp3) is 0.381. The number of benzene rings is 2. The number of rotatable bonds is 5. The zero-order chi connectivity index (χ0) is 20.3. The average molecular weight is 383 g/mol. The van der Waals surface area contributed by atoms with Crippen LogP contribution >= 0.6 is 0 Å². The molecule has 0 aliphatic carbocycles. The Morgan fingerprint density at radius 1 is 1.18 bits per heavy atom. The van der Waals surface area contributed by atoms with Crippen LogP contribution < -0.4 is 5.32 Å². The summed E-state index contributed by atoms with van der Waals surface area (Å²) in [6.07, 6.45) is -0.00653. The number of amides is 1. The van der Waals surface area contributed by atoms with Gasteiger partial charge in [-0.1, -0.05) is 36.4 Å². The van der Waals surface area contributed by atoms with Gasteiger partial charge in [-0.15, -0.1) is 0 Å². The highest BCUT2D eigenvalue weighted by molar-refractivity contribution is 5.97. The molecule has 3 unspecified atom stereocenters. The third kappa shape index (κ3) is 4.55. The van der Waals surface area contributed by atoms with Gasteiger partial charge in [0, 0.05) is 19.2 Å². The Morgan fingerprint density at radius 3 is 2.43 bits per heavy atom. The van der Waals surface area contributed by atoms with Crippen LogP contribution in [-0.2, 0) is 9.53 Å². The summed E-state index contributed by atoms with van der Waals surface area (Å²) in [5.74, 6) is -0.292. The van der Waals surface area contributed by atoms with E-state index >= 15 is 0 Å². The molecule has 1 heterocycles. The summed E-state index contributed by atoms with van der Waals surface area (Å²) in [4.78, 5) is 26.3. The lowest BCUT2D eigenvalue weighted by atomic mass is 10.0. The van der Waals surface area contributed by atoms with Crippen LogP contribution in [0.4, 0.5) is 11.4 Å². The minimum atomic E-state index is -0.559. The van der Waals surface area contributed by atoms with Crippen LogP contribution in [0.3, 0.4) is 0 Å². The molecule has 1 saturated heterocycles. The van der Waals surface area contributed by atoms with Crippen LogP contribution in [-0.4, -0.2) is 41.0 Å². The number of aryl methyl sites for hydroxylation is 1. The van der Waals surface area contributed by atoms with Crippen molar-refractivity contribution in [2.45, 2.75) is 39.0 Å². The monoisotopic (exact) mass is 383 g/mol. The van der Waals surface area contributed by atoms with Crippen molar-refractivity contribution in [1.29, 1.82) is 0 Å². The molecule has 1 N–H and O–H groups in total. The van der Waals surface area contributed by atoms with Crippen molar-refractivity contribution in [3.8, 4) is 0 Å². The van der Waals surface area contributed by atoms with Crippen molar-refractivity contribution in [1.82, 2.24) is 4.90 Å². The summed E-state index contributed by atoms with van der Waals surface area (Å²) in [7, 11) is 0. The molecule has 0 saturated carbocycles. The molecule has 28 heavy (non-hydrogen) atoms. The van der Waals surface area contributed by atoms with Crippen LogP contribution in [0, 0.1) is 17.0 Å². The molecular weight excluding hydrogens is 358 g/mol. The number of nitrogens with zero attached hydrogens (tertiary/aromatic N) is 2. The quantitative estimate of drug-likeness (QED) is 0.629. The maximum absolute atomic E-state index is 13.3. The number of carbonyl (C=O) groups excluding carboxylic acids is 1. The topological polar surface area (TPSA) is 84.7 Å². The van der Waals surface area contributed by atoms with E-state index in [0.717, 1.165) is 11.1 Å². The Bertz CT molecular complexity index is 846. The molecule has 0 aromatic heterocycles. The summed E-state index contributed by atoms with van der Waals surface area (Å²) in [6.45, 7) is 6.95. The molecule has 0 bridgehead atoms. The molecule has 1 fully saturated rings. The molecule has 2 aromatic carbocycles. The highest BCUT2D eigenvalue weighted by atomic mass is 16.6. The maximum Gasteiger partial charge on any atom is 0.293 e. The first-order valence-electron chi connectivity index (χ1n) is 9.35. The van der Waals surface area contributed by atoms with E-state index in [9.17, 15) is 14.9 Å². The molecule has 0 spiro atoms. The van der Waals surface area contributed by atoms with Gasteiger partial charge in [-0.05, 0) is 38.0 Å². The van der Waals surface area contributed by atoms with Gasteiger partial charge in [0.25, 0.3) is 5.69 Å². The second-order valence-electron chi connectivity index (χ2n) is 7.29. The van der Waals surface area contributed by atoms with E-state index in [4.69, 9.17) is 4.74 Å². The van der Waals surface area contributed by atoms with Crippen LogP contribution in [0.25, 0.3) is 0 Å². The van der Waals surface area contributed by atoms with Crippen molar-refractivity contribution in [3.63, 3.8) is 0 Å². The summed E-state index contributed by atoms with van der Waals surface area (Å²) in [6, 6.07) is 13.7. The normalized spacial score (nSPS) is 21.1. The van der Waals surface area contributed by atoms with E-state index in [-0.39, 0.29) is 29.5 Å². The van der Waals surface area contributed by atoms with Crippen molar-refractivity contribution in [2.75, 3.05) is 18.4 Å². The Morgan fingerprint density at radius 2 is 1.82 bits per heavy atom. The minimum Gasteiger partial charge on any atom is -0.373 e. The number of hydrogen-bond donors (Lipinski definition) is 1. The highest BCUT2D eigenvalue weighted by Gasteiger charge is 2.34. The zero-order valence-corrected chi connectivity index (χ0v) is 16.3. The average Bonchev–Trinajstić information content (AvgIpc) is 2.63. The maximum atomic E-state index is 13.3. The second kappa shape index (κ2) is 8.50. The van der Waals surface area contributed by atoms with E-state index in [0.29, 0.717) is 13.1 Å². The van der Waals surface area contributed by atoms with Crippen LogP contribution in [0.1, 0.15) is 31.0 Å². The Kier molecular flexibility index (Phi) is 6.06. The summed E-state index contributed by atoms with van der Waals surface area (Å²) >= 11 is 0. The van der Waals surface area contributed by atoms with Crippen molar-refractivity contribution < 1.29 is 14.5 Å². The summed E-state index contributed by atoms with van der Waals surface area (Å²) in [5, 5.41) is 14.2. The minimum absolute atomic E-state index is 0.00327. The SMILES string of the molecule is Cc1ccc(NC(=O)C(c2ccccc2)N2CC(C)OC(C)C2)c([N+](=O)[O-])c1. The van der Waals surface area contributed by atoms with Gasteiger partial charge >= 0.3 is 0 Å². The number of nitro groups is 1. The Balaban J connectivity index is 1.93. The molecule has 148 valence electrons. The molecule has 2 aromatic rings. The van der Waals surface area contributed by atoms with Gasteiger partial charge in [-0.25, -0.2) is 0 Å². The number of carbonyl (C=O) groups is 1. The molecule has 1 amide bonds. The Hall–Kier alpha value is -2.77. The van der Waals surface area contributed by atoms with E-state index in [1.807, 2.05) is 44.2 Å². The molecule has 3 atom stereocenters. The zero-order valence-electron chi connectivity index (χ0n) is 16.3. The van der Waals surface area contributed by atoms with E-state index in [2.05, 4.69) is 10.2 Å². The number of nitrogens with one attached hydrogen (secondary N) is 1. The highest BCUT2D eigenvalue weighted by Crippen LogP contribution is 2.30. The van der Waals surface area contributed by atoms with Gasteiger partial charge in [-0.2, -0.15) is 0 Å². The summed E-state index contributed by atoms with van der Waals surface area (Å²) < 4.78 is 5.80. The predicted molar refractivity (Wildman–Crippen MR) is 107 cm³/mol. The molecule has 7 nitrogen and oxygen atoms in total. The second-order valence-corrected chi connectivity index (χ2v) is 7.29. The molecule has 1 aliphatic rings. The van der Waals surface area contributed by atoms with Gasteiger partial charge in [-0.3, -0.25) is 19.8 Å². The van der Waals surface area contributed by atoms with Crippen molar-refractivity contribution in [3.05, 3.63) is 69.8 Å². The van der Waals surface area contributed by atoms with Crippen molar-refractivity contribution in [2.24, 2.45) is 0 Å². The van der Waals surface area contributed by atoms with Gasteiger partial charge in [0.1, 0.15) is 11.7 Å². The van der Waals surface area contributed by atoms with Crippen LogP contribution in [0.15, 0.2) is 48.5 Å². The number of anilines is 1. The molecule has 0 radical (unpaired) electrons. The fourth-order valence-corrected chi connectivity index (χ4v) is 3.69. The standard InChI is InChI=1S/C21H25N3O4/c1-14-9-10-18(19(11-14)24(26)27)22-21(25)20(17-7-5-4-6-8-17)23-12-15(2)28-16(3)13-23/h4-11,15-16,20H,12-13H2,1-3H3,(H,22,25). The van der Waals surface area contributed by atoms with Crippen molar-refractivity contribution >= 4 is 17.3 Å². The number of hydrogen-bond acceptors (Lipinski definition) is 5. The third-order valence-corrected chi connectivity index (χ3v) is 4.78. The van der Waals surface area contributed by atoms with Crippen LogP contribution in [0.2, 0.25) is 0 Å². The predicted octanol–water partition coefficient (Wildman–Crippen LogP) is 3.69. The van der Waals surface area contributed by atoms with E-state index in [1.165, 1.54) is 6.07 Å². The lowest BCUT2D eigenvalue weighted by Crippen LogP contribution is -2.49. The summed E-state index contributed by atoms with van der Waals surface area (Å²) in [5.41, 5.74) is 1.70. The fourth-order valence-electron chi connectivity index (χ4n) is 3.69. The number of ether oxygens (including phenoxy) is 1. The molecule has 3 rings (SSSR count). The van der Waals surface area contributed by atoms with Crippen LogP contribution in [0.5, 0.6) is 0 Å². The lowest BCUT2D eigenvalue weighted by molar-refractivity contribution is -0.384. The first kappa shape index (κ1) is 20.0. The van der Waals surface area contributed by atoms with Gasteiger partial charge in [0.15, 0.2) is 0 Å². The van der Waals surface area contributed by atoms with E-state index < -0.39 is 11.0 Å². The largest absolute Gasteiger partial charge is 0.373 e.